The average molecular weight is 313 g/mol. The maximum absolute atomic E-state index is 12.5. The summed E-state index contributed by atoms with van der Waals surface area (Å²) in [6.45, 7) is 2.04. The van der Waals surface area contributed by atoms with E-state index in [-0.39, 0.29) is 5.91 Å². The number of hydrogen-bond acceptors (Lipinski definition) is 4. The second-order valence-electron chi connectivity index (χ2n) is 5.35. The lowest BCUT2D eigenvalue weighted by molar-refractivity contribution is 0.0785. The molecule has 0 saturated carbocycles. The van der Waals surface area contributed by atoms with Crippen molar-refractivity contribution in [3.63, 3.8) is 0 Å². The Morgan fingerprint density at radius 1 is 1.26 bits per heavy atom. The molecule has 1 aromatic heterocycles. The van der Waals surface area contributed by atoms with Crippen molar-refractivity contribution in [3.8, 4) is 0 Å². The average Bonchev–Trinajstić information content (AvgIpc) is 2.59. The Balaban J connectivity index is 1.95. The standard InChI is InChI=1S/C18H23N3O2/c1-21(14-15-7-4-3-5-8-15)18(22)16-9-11-20-17(13-16)19-10-6-12-23-2/h3-5,7-9,11,13H,6,10,12,14H2,1-2H3,(H,19,20). The van der Waals surface area contributed by atoms with E-state index in [1.165, 1.54) is 0 Å². The molecule has 0 spiro atoms. The molecule has 2 rings (SSSR count). The number of hydrogen-bond donors (Lipinski definition) is 1. The number of nitrogens with zero attached hydrogens (tertiary/aromatic N) is 2. The summed E-state index contributed by atoms with van der Waals surface area (Å²) in [5.41, 5.74) is 1.74. The van der Waals surface area contributed by atoms with Crippen LogP contribution in [0.4, 0.5) is 5.82 Å². The summed E-state index contributed by atoms with van der Waals surface area (Å²) in [5, 5.41) is 3.20. The Morgan fingerprint density at radius 3 is 2.78 bits per heavy atom. The molecular weight excluding hydrogens is 290 g/mol. The number of carbonyl (C=O) groups is 1. The Bertz CT molecular complexity index is 617. The van der Waals surface area contributed by atoms with Gasteiger partial charge in [0, 0.05) is 45.6 Å². The molecule has 0 atom stereocenters. The predicted octanol–water partition coefficient (Wildman–Crippen LogP) is 2.80. The van der Waals surface area contributed by atoms with E-state index < -0.39 is 0 Å². The highest BCUT2D eigenvalue weighted by atomic mass is 16.5. The first-order chi connectivity index (χ1) is 11.2. The normalized spacial score (nSPS) is 10.3. The maximum atomic E-state index is 12.5. The van der Waals surface area contributed by atoms with Gasteiger partial charge in [0.2, 0.25) is 0 Å². The molecule has 0 bridgehead atoms. The minimum Gasteiger partial charge on any atom is -0.385 e. The van der Waals surface area contributed by atoms with Gasteiger partial charge in [0.05, 0.1) is 0 Å². The third-order valence-electron chi connectivity index (χ3n) is 3.45. The SMILES string of the molecule is COCCCNc1cc(C(=O)N(C)Cc2ccccc2)ccn1. The van der Waals surface area contributed by atoms with Crippen LogP contribution < -0.4 is 5.32 Å². The molecule has 0 aliphatic heterocycles. The molecule has 0 fully saturated rings. The summed E-state index contributed by atoms with van der Waals surface area (Å²) in [6, 6.07) is 13.5. The van der Waals surface area contributed by atoms with Gasteiger partial charge in [0.15, 0.2) is 0 Å². The Kier molecular flexibility index (Phi) is 6.56. The van der Waals surface area contributed by atoms with Crippen molar-refractivity contribution in [3.05, 3.63) is 59.8 Å². The van der Waals surface area contributed by atoms with Crippen LogP contribution in [0, 0.1) is 0 Å². The van der Waals surface area contributed by atoms with Gasteiger partial charge in [0.25, 0.3) is 5.91 Å². The molecule has 1 amide bonds. The van der Waals surface area contributed by atoms with Gasteiger partial charge in [-0.05, 0) is 24.1 Å². The molecule has 1 aromatic carbocycles. The van der Waals surface area contributed by atoms with Crippen LogP contribution in [-0.2, 0) is 11.3 Å². The molecule has 0 aliphatic rings. The summed E-state index contributed by atoms with van der Waals surface area (Å²) >= 11 is 0. The van der Waals surface area contributed by atoms with E-state index in [1.807, 2.05) is 30.3 Å². The number of ether oxygens (including phenoxy) is 1. The van der Waals surface area contributed by atoms with Crippen LogP contribution in [0.2, 0.25) is 0 Å². The molecule has 0 saturated heterocycles. The number of amides is 1. The summed E-state index contributed by atoms with van der Waals surface area (Å²) in [5.74, 6) is 0.691. The van der Waals surface area contributed by atoms with Crippen molar-refractivity contribution in [2.45, 2.75) is 13.0 Å². The van der Waals surface area contributed by atoms with Crippen LogP contribution in [0.3, 0.4) is 0 Å². The molecule has 0 aliphatic carbocycles. The highest BCUT2D eigenvalue weighted by Gasteiger charge is 2.12. The van der Waals surface area contributed by atoms with Crippen LogP contribution in [-0.4, -0.2) is 43.1 Å². The van der Waals surface area contributed by atoms with Gasteiger partial charge in [-0.2, -0.15) is 0 Å². The number of rotatable bonds is 8. The summed E-state index contributed by atoms with van der Waals surface area (Å²) < 4.78 is 5.01. The Morgan fingerprint density at radius 2 is 2.04 bits per heavy atom. The number of nitrogens with one attached hydrogen (secondary N) is 1. The van der Waals surface area contributed by atoms with Crippen LogP contribution in [0.5, 0.6) is 0 Å². The molecular formula is C18H23N3O2. The fraction of sp³-hybridized carbons (Fsp3) is 0.333. The van der Waals surface area contributed by atoms with Crippen molar-refractivity contribution < 1.29 is 9.53 Å². The highest BCUT2D eigenvalue weighted by molar-refractivity contribution is 5.94. The molecule has 1 N–H and O–H groups in total. The smallest absolute Gasteiger partial charge is 0.254 e. The zero-order chi connectivity index (χ0) is 16.5. The molecule has 23 heavy (non-hydrogen) atoms. The summed E-state index contributed by atoms with van der Waals surface area (Å²) in [7, 11) is 3.49. The topological polar surface area (TPSA) is 54.5 Å². The van der Waals surface area contributed by atoms with Gasteiger partial charge >= 0.3 is 0 Å². The van der Waals surface area contributed by atoms with E-state index in [0.29, 0.717) is 24.5 Å². The number of aromatic nitrogens is 1. The first-order valence-corrected chi connectivity index (χ1v) is 7.69. The van der Waals surface area contributed by atoms with Gasteiger partial charge in [-0.25, -0.2) is 4.98 Å². The maximum Gasteiger partial charge on any atom is 0.254 e. The van der Waals surface area contributed by atoms with Gasteiger partial charge in [0.1, 0.15) is 5.82 Å². The number of methoxy groups -OCH3 is 1. The number of anilines is 1. The number of benzene rings is 1. The molecule has 2 aromatic rings. The third-order valence-corrected chi connectivity index (χ3v) is 3.45. The summed E-state index contributed by atoms with van der Waals surface area (Å²) in [4.78, 5) is 18.5. The molecule has 1 heterocycles. The van der Waals surface area contributed by atoms with Crippen molar-refractivity contribution >= 4 is 11.7 Å². The number of pyridine rings is 1. The first kappa shape index (κ1) is 17.0. The zero-order valence-electron chi connectivity index (χ0n) is 13.7. The quantitative estimate of drug-likeness (QED) is 0.761. The lowest BCUT2D eigenvalue weighted by Gasteiger charge is -2.17. The first-order valence-electron chi connectivity index (χ1n) is 7.69. The predicted molar refractivity (Wildman–Crippen MR) is 91.5 cm³/mol. The van der Waals surface area contributed by atoms with E-state index >= 15 is 0 Å². The molecule has 122 valence electrons. The van der Waals surface area contributed by atoms with Crippen LogP contribution in [0.25, 0.3) is 0 Å². The Labute approximate surface area is 137 Å². The van der Waals surface area contributed by atoms with Gasteiger partial charge in [-0.3, -0.25) is 4.79 Å². The van der Waals surface area contributed by atoms with Crippen LogP contribution >= 0.6 is 0 Å². The lowest BCUT2D eigenvalue weighted by Crippen LogP contribution is -2.26. The second-order valence-corrected chi connectivity index (χ2v) is 5.35. The highest BCUT2D eigenvalue weighted by Crippen LogP contribution is 2.11. The fourth-order valence-corrected chi connectivity index (χ4v) is 2.24. The Hall–Kier alpha value is -2.40. The van der Waals surface area contributed by atoms with E-state index in [4.69, 9.17) is 4.74 Å². The number of carbonyl (C=O) groups excluding carboxylic acids is 1. The van der Waals surface area contributed by atoms with Crippen molar-refractivity contribution in [2.24, 2.45) is 0 Å². The van der Waals surface area contributed by atoms with Crippen molar-refractivity contribution in [1.29, 1.82) is 0 Å². The minimum atomic E-state index is -0.0174. The zero-order valence-corrected chi connectivity index (χ0v) is 13.7. The molecule has 0 unspecified atom stereocenters. The monoisotopic (exact) mass is 313 g/mol. The van der Waals surface area contributed by atoms with E-state index in [1.54, 1.807) is 37.4 Å². The van der Waals surface area contributed by atoms with E-state index in [2.05, 4.69) is 10.3 Å². The van der Waals surface area contributed by atoms with Crippen LogP contribution in [0.15, 0.2) is 48.7 Å². The van der Waals surface area contributed by atoms with Crippen molar-refractivity contribution in [1.82, 2.24) is 9.88 Å². The van der Waals surface area contributed by atoms with Gasteiger partial charge in [-0.1, -0.05) is 30.3 Å². The third kappa shape index (κ3) is 5.38. The largest absolute Gasteiger partial charge is 0.385 e. The van der Waals surface area contributed by atoms with E-state index in [0.717, 1.165) is 18.5 Å². The lowest BCUT2D eigenvalue weighted by atomic mass is 10.2. The molecule has 0 radical (unpaired) electrons. The van der Waals surface area contributed by atoms with Crippen LogP contribution in [0.1, 0.15) is 22.3 Å². The second kappa shape index (κ2) is 8.90. The minimum absolute atomic E-state index is 0.0174. The van der Waals surface area contributed by atoms with Crippen molar-refractivity contribution in [2.75, 3.05) is 32.6 Å². The summed E-state index contributed by atoms with van der Waals surface area (Å²) in [6.07, 6.45) is 2.55. The van der Waals surface area contributed by atoms with Gasteiger partial charge < -0.3 is 15.0 Å². The molecule has 5 heteroatoms. The molecule has 5 nitrogen and oxygen atoms in total. The fourth-order valence-electron chi connectivity index (χ4n) is 2.24. The van der Waals surface area contributed by atoms with E-state index in [9.17, 15) is 4.79 Å². The van der Waals surface area contributed by atoms with Gasteiger partial charge in [-0.15, -0.1) is 0 Å².